The molecule has 0 aromatic heterocycles. The van der Waals surface area contributed by atoms with E-state index in [1.165, 1.54) is 12.8 Å². The molecule has 5 heteroatoms. The maximum Gasteiger partial charge on any atom is 0.230 e. The molecule has 0 bridgehead atoms. The van der Waals surface area contributed by atoms with Gasteiger partial charge in [0.25, 0.3) is 0 Å². The van der Waals surface area contributed by atoms with Crippen LogP contribution in [0.2, 0.25) is 0 Å². The molecule has 1 saturated heterocycles. The van der Waals surface area contributed by atoms with Crippen molar-refractivity contribution >= 4 is 29.4 Å². The van der Waals surface area contributed by atoms with E-state index in [4.69, 9.17) is 0 Å². The fourth-order valence-corrected chi connectivity index (χ4v) is 2.86. The Morgan fingerprint density at radius 3 is 2.65 bits per heavy atom. The molecule has 0 aromatic carbocycles. The van der Waals surface area contributed by atoms with Gasteiger partial charge in [-0.1, -0.05) is 0 Å². The van der Waals surface area contributed by atoms with Crippen LogP contribution in [0.3, 0.4) is 0 Å². The molecule has 1 fully saturated rings. The normalized spacial score (nSPS) is 18.1. The molecule has 0 saturated carbocycles. The van der Waals surface area contributed by atoms with Crippen LogP contribution in [-0.4, -0.2) is 47.5 Å². The van der Waals surface area contributed by atoms with Gasteiger partial charge in [0.1, 0.15) is 0 Å². The average molecular weight is 276 g/mol. The van der Waals surface area contributed by atoms with Crippen molar-refractivity contribution in [2.24, 2.45) is 0 Å². The summed E-state index contributed by atoms with van der Waals surface area (Å²) < 4.78 is 0.134. The maximum atomic E-state index is 11.7. The average Bonchev–Trinajstić information content (AvgIpc) is 2.35. The van der Waals surface area contributed by atoms with E-state index in [1.807, 2.05) is 0 Å². The summed E-state index contributed by atoms with van der Waals surface area (Å²) in [6, 6.07) is 0. The highest BCUT2D eigenvalue weighted by Gasteiger charge is 2.18. The van der Waals surface area contributed by atoms with Crippen LogP contribution in [0.4, 0.5) is 0 Å². The highest BCUT2D eigenvalue weighted by Crippen LogP contribution is 2.21. The molecule has 0 unspecified atom stereocenters. The Labute approximate surface area is 113 Å². The monoisotopic (exact) mass is 276 g/mol. The van der Waals surface area contributed by atoms with E-state index < -0.39 is 0 Å². The molecule has 0 radical (unpaired) electrons. The number of nitrogens with one attached hydrogen (secondary N) is 2. The SMILES string of the molecule is CSC(C)(C)CNC(=O)CSC1CCNCC1. The van der Waals surface area contributed by atoms with Crippen molar-refractivity contribution in [3.8, 4) is 0 Å². The molecule has 0 aromatic rings. The zero-order valence-corrected chi connectivity index (χ0v) is 12.7. The van der Waals surface area contributed by atoms with Crippen LogP contribution in [0.15, 0.2) is 0 Å². The Kier molecular flexibility index (Phi) is 6.74. The van der Waals surface area contributed by atoms with Gasteiger partial charge < -0.3 is 10.6 Å². The standard InChI is InChI=1S/C12H24N2OS2/c1-12(2,16-3)9-14-11(15)8-17-10-4-6-13-7-5-10/h10,13H,4-9H2,1-3H3,(H,14,15). The van der Waals surface area contributed by atoms with Gasteiger partial charge in [0, 0.05) is 16.5 Å². The second kappa shape index (κ2) is 7.54. The van der Waals surface area contributed by atoms with Gasteiger partial charge in [-0.25, -0.2) is 0 Å². The molecular weight excluding hydrogens is 252 g/mol. The summed E-state index contributed by atoms with van der Waals surface area (Å²) in [5, 5.41) is 7.02. The topological polar surface area (TPSA) is 41.1 Å². The largest absolute Gasteiger partial charge is 0.354 e. The molecule has 17 heavy (non-hydrogen) atoms. The van der Waals surface area contributed by atoms with E-state index in [9.17, 15) is 4.79 Å². The molecule has 0 spiro atoms. The Morgan fingerprint density at radius 2 is 2.06 bits per heavy atom. The minimum atomic E-state index is 0.134. The van der Waals surface area contributed by atoms with E-state index in [0.717, 1.165) is 19.6 Å². The third kappa shape index (κ3) is 6.58. The van der Waals surface area contributed by atoms with Crippen molar-refractivity contribution in [3.05, 3.63) is 0 Å². The fraction of sp³-hybridized carbons (Fsp3) is 0.917. The smallest absolute Gasteiger partial charge is 0.230 e. The number of carbonyl (C=O) groups is 1. The Hall–Kier alpha value is 0.130. The van der Waals surface area contributed by atoms with E-state index in [-0.39, 0.29) is 10.7 Å². The van der Waals surface area contributed by atoms with Gasteiger partial charge in [0.15, 0.2) is 0 Å². The van der Waals surface area contributed by atoms with E-state index in [0.29, 0.717) is 11.0 Å². The van der Waals surface area contributed by atoms with Crippen LogP contribution in [0, 0.1) is 0 Å². The lowest BCUT2D eigenvalue weighted by Crippen LogP contribution is -2.37. The highest BCUT2D eigenvalue weighted by molar-refractivity contribution is 8.00. The first-order chi connectivity index (χ1) is 8.03. The third-order valence-corrected chi connectivity index (χ3v) is 5.62. The molecule has 1 heterocycles. The summed E-state index contributed by atoms with van der Waals surface area (Å²) in [7, 11) is 0. The second-order valence-corrected chi connectivity index (χ2v) is 7.80. The zero-order valence-electron chi connectivity index (χ0n) is 11.0. The van der Waals surface area contributed by atoms with E-state index >= 15 is 0 Å². The summed E-state index contributed by atoms with van der Waals surface area (Å²) in [6.45, 7) is 7.24. The van der Waals surface area contributed by atoms with Crippen LogP contribution in [0.25, 0.3) is 0 Å². The van der Waals surface area contributed by atoms with Crippen LogP contribution >= 0.6 is 23.5 Å². The number of thioether (sulfide) groups is 2. The molecule has 1 aliphatic heterocycles. The van der Waals surface area contributed by atoms with Gasteiger partial charge in [0.05, 0.1) is 5.75 Å². The minimum absolute atomic E-state index is 0.134. The fourth-order valence-electron chi connectivity index (χ4n) is 1.59. The molecule has 2 N–H and O–H groups in total. The van der Waals surface area contributed by atoms with Gasteiger partial charge in [-0.3, -0.25) is 4.79 Å². The number of amides is 1. The number of piperidine rings is 1. The first-order valence-corrected chi connectivity index (χ1v) is 8.45. The van der Waals surface area contributed by atoms with Crippen molar-refractivity contribution in [1.29, 1.82) is 0 Å². The van der Waals surface area contributed by atoms with Crippen LogP contribution in [-0.2, 0) is 4.79 Å². The number of hydrogen-bond donors (Lipinski definition) is 2. The molecule has 1 aliphatic rings. The lowest BCUT2D eigenvalue weighted by molar-refractivity contribution is -0.118. The van der Waals surface area contributed by atoms with Crippen LogP contribution in [0.1, 0.15) is 26.7 Å². The number of carbonyl (C=O) groups excluding carboxylic acids is 1. The summed E-state index contributed by atoms with van der Waals surface area (Å²) in [5.74, 6) is 0.783. The molecule has 0 aliphatic carbocycles. The van der Waals surface area contributed by atoms with Crippen LogP contribution in [0.5, 0.6) is 0 Å². The van der Waals surface area contributed by atoms with Crippen molar-refractivity contribution in [2.45, 2.75) is 36.7 Å². The number of rotatable bonds is 6. The predicted octanol–water partition coefficient (Wildman–Crippen LogP) is 1.73. The quantitative estimate of drug-likeness (QED) is 0.775. The minimum Gasteiger partial charge on any atom is -0.354 e. The van der Waals surface area contributed by atoms with Crippen LogP contribution < -0.4 is 10.6 Å². The number of hydrogen-bond acceptors (Lipinski definition) is 4. The van der Waals surface area contributed by atoms with Crippen molar-refractivity contribution in [2.75, 3.05) is 31.6 Å². The summed E-state index contributed by atoms with van der Waals surface area (Å²) in [6.07, 6.45) is 4.46. The molecule has 1 rings (SSSR count). The Bertz CT molecular complexity index is 241. The lowest BCUT2D eigenvalue weighted by Gasteiger charge is -2.24. The third-order valence-electron chi connectivity index (χ3n) is 3.00. The Morgan fingerprint density at radius 1 is 1.41 bits per heavy atom. The maximum absolute atomic E-state index is 11.7. The van der Waals surface area contributed by atoms with Gasteiger partial charge >= 0.3 is 0 Å². The summed E-state index contributed by atoms with van der Waals surface area (Å²) in [5.41, 5.74) is 0. The molecule has 3 nitrogen and oxygen atoms in total. The van der Waals surface area contributed by atoms with E-state index in [1.54, 1.807) is 23.5 Å². The lowest BCUT2D eigenvalue weighted by atomic mass is 10.2. The molecule has 1 amide bonds. The summed E-state index contributed by atoms with van der Waals surface area (Å²) >= 11 is 3.59. The predicted molar refractivity (Wildman–Crippen MR) is 79.0 cm³/mol. The first-order valence-electron chi connectivity index (χ1n) is 6.18. The van der Waals surface area contributed by atoms with Gasteiger partial charge in [-0.05, 0) is 46.0 Å². The molecular formula is C12H24N2OS2. The Balaban J connectivity index is 2.12. The first kappa shape index (κ1) is 15.2. The van der Waals surface area contributed by atoms with E-state index in [2.05, 4.69) is 30.7 Å². The van der Waals surface area contributed by atoms with Gasteiger partial charge in [0.2, 0.25) is 5.91 Å². The van der Waals surface area contributed by atoms with Gasteiger partial charge in [-0.2, -0.15) is 11.8 Å². The molecule has 100 valence electrons. The highest BCUT2D eigenvalue weighted by atomic mass is 32.2. The van der Waals surface area contributed by atoms with Gasteiger partial charge in [-0.15, -0.1) is 11.8 Å². The van der Waals surface area contributed by atoms with Crippen molar-refractivity contribution in [1.82, 2.24) is 10.6 Å². The zero-order chi connectivity index (χ0) is 12.7. The van der Waals surface area contributed by atoms with Crippen molar-refractivity contribution in [3.63, 3.8) is 0 Å². The summed E-state index contributed by atoms with van der Waals surface area (Å²) in [4.78, 5) is 11.7. The molecule has 0 atom stereocenters. The second-order valence-electron chi connectivity index (χ2n) is 5.00. The van der Waals surface area contributed by atoms with Crippen molar-refractivity contribution < 1.29 is 4.79 Å².